The van der Waals surface area contributed by atoms with Crippen molar-refractivity contribution in [2.24, 2.45) is 5.92 Å². The minimum absolute atomic E-state index is 0. The van der Waals surface area contributed by atoms with E-state index in [1.165, 1.54) is 12.8 Å². The third kappa shape index (κ3) is 2.63. The Hall–Kier alpha value is -0.0400. The Balaban J connectivity index is 0. The van der Waals surface area contributed by atoms with Gasteiger partial charge in [-0.15, -0.1) is 0 Å². The van der Waals surface area contributed by atoms with E-state index in [9.17, 15) is 0 Å². The first-order valence-corrected chi connectivity index (χ1v) is 2.42. The lowest BCUT2D eigenvalue weighted by atomic mass is 10.5. The topological polar surface area (TPSA) is 9.23 Å². The number of methoxy groups -OCH3 is 1. The molecule has 0 aromatic heterocycles. The van der Waals surface area contributed by atoms with Gasteiger partial charge in [-0.1, -0.05) is 7.43 Å². The van der Waals surface area contributed by atoms with Crippen LogP contribution in [0.15, 0.2) is 0 Å². The SMILES string of the molecule is C.COCC1CC1.[HH]. The summed E-state index contributed by atoms with van der Waals surface area (Å²) in [5, 5.41) is 0. The predicted octanol–water partition coefficient (Wildman–Crippen LogP) is 1.92. The van der Waals surface area contributed by atoms with E-state index in [-0.39, 0.29) is 8.85 Å². The number of hydrogen-bond acceptors (Lipinski definition) is 1. The highest BCUT2D eigenvalue weighted by Crippen LogP contribution is 2.28. The zero-order valence-corrected chi connectivity index (χ0v) is 4.11. The number of hydrogen-bond donors (Lipinski definition) is 0. The minimum Gasteiger partial charge on any atom is -0.384 e. The van der Waals surface area contributed by atoms with Crippen LogP contribution in [0, 0.1) is 5.92 Å². The van der Waals surface area contributed by atoms with E-state index < -0.39 is 0 Å². The molecule has 1 rings (SSSR count). The average molecular weight is 104 g/mol. The minimum atomic E-state index is 0. The van der Waals surface area contributed by atoms with Crippen molar-refractivity contribution in [2.75, 3.05) is 13.7 Å². The van der Waals surface area contributed by atoms with E-state index in [0.29, 0.717) is 0 Å². The zero-order valence-electron chi connectivity index (χ0n) is 4.11. The molecule has 1 fully saturated rings. The molecule has 0 unspecified atom stereocenters. The van der Waals surface area contributed by atoms with Gasteiger partial charge in [0.15, 0.2) is 0 Å². The first kappa shape index (κ1) is 6.96. The van der Waals surface area contributed by atoms with Crippen LogP contribution in [0.1, 0.15) is 21.7 Å². The van der Waals surface area contributed by atoms with Crippen LogP contribution in [-0.2, 0) is 4.74 Å². The second-order valence-corrected chi connectivity index (χ2v) is 1.90. The Labute approximate surface area is 47.2 Å². The summed E-state index contributed by atoms with van der Waals surface area (Å²) in [6, 6.07) is 0. The molecule has 0 radical (unpaired) electrons. The Morgan fingerprint density at radius 1 is 1.71 bits per heavy atom. The maximum atomic E-state index is 4.87. The van der Waals surface area contributed by atoms with Gasteiger partial charge in [0, 0.05) is 15.1 Å². The molecule has 0 aliphatic heterocycles. The van der Waals surface area contributed by atoms with Gasteiger partial charge >= 0.3 is 0 Å². The summed E-state index contributed by atoms with van der Waals surface area (Å²) in [6.45, 7) is 0.986. The molecule has 0 spiro atoms. The van der Waals surface area contributed by atoms with Gasteiger partial charge in [0.25, 0.3) is 0 Å². The molecule has 0 atom stereocenters. The third-order valence-electron chi connectivity index (χ3n) is 1.10. The lowest BCUT2D eigenvalue weighted by molar-refractivity contribution is 0.186. The van der Waals surface area contributed by atoms with E-state index >= 15 is 0 Å². The van der Waals surface area contributed by atoms with Crippen molar-refractivity contribution in [3.8, 4) is 0 Å². The molecule has 0 N–H and O–H groups in total. The van der Waals surface area contributed by atoms with Crippen LogP contribution in [0.2, 0.25) is 0 Å². The van der Waals surface area contributed by atoms with Crippen LogP contribution >= 0.6 is 0 Å². The zero-order chi connectivity index (χ0) is 4.41. The molecule has 1 aliphatic carbocycles. The van der Waals surface area contributed by atoms with Crippen molar-refractivity contribution < 1.29 is 6.16 Å². The lowest BCUT2D eigenvalue weighted by Gasteiger charge is -1.87. The molecule has 1 saturated carbocycles. The van der Waals surface area contributed by atoms with Gasteiger partial charge in [0.2, 0.25) is 0 Å². The van der Waals surface area contributed by atoms with Crippen molar-refractivity contribution in [1.82, 2.24) is 0 Å². The van der Waals surface area contributed by atoms with Gasteiger partial charge in [0.1, 0.15) is 0 Å². The van der Waals surface area contributed by atoms with Crippen molar-refractivity contribution >= 4 is 0 Å². The van der Waals surface area contributed by atoms with Gasteiger partial charge in [-0.05, 0) is 18.8 Å². The summed E-state index contributed by atoms with van der Waals surface area (Å²) in [4.78, 5) is 0. The maximum absolute atomic E-state index is 4.87. The molecule has 0 bridgehead atoms. The van der Waals surface area contributed by atoms with Crippen molar-refractivity contribution in [3.05, 3.63) is 0 Å². The molecule has 0 saturated heterocycles. The van der Waals surface area contributed by atoms with E-state index in [4.69, 9.17) is 4.74 Å². The van der Waals surface area contributed by atoms with Crippen LogP contribution in [0.5, 0.6) is 0 Å². The highest BCUT2D eigenvalue weighted by atomic mass is 16.5. The maximum Gasteiger partial charge on any atom is 0.0490 e. The van der Waals surface area contributed by atoms with E-state index in [0.717, 1.165) is 12.5 Å². The molecule has 0 amide bonds. The van der Waals surface area contributed by atoms with Crippen LogP contribution in [-0.4, -0.2) is 13.7 Å². The summed E-state index contributed by atoms with van der Waals surface area (Å²) in [5.41, 5.74) is 0. The molecular weight excluding hydrogens is 88.1 g/mol. The van der Waals surface area contributed by atoms with Gasteiger partial charge in [0.05, 0.1) is 0 Å². The van der Waals surface area contributed by atoms with Gasteiger partial charge in [-0.3, -0.25) is 0 Å². The first-order chi connectivity index (χ1) is 2.93. The lowest BCUT2D eigenvalue weighted by Crippen LogP contribution is -1.87. The normalized spacial score (nSPS) is 18.4. The van der Waals surface area contributed by atoms with E-state index in [1.54, 1.807) is 7.11 Å². The van der Waals surface area contributed by atoms with E-state index in [2.05, 4.69) is 0 Å². The Morgan fingerprint density at radius 3 is 2.43 bits per heavy atom. The smallest absolute Gasteiger partial charge is 0.0490 e. The fraction of sp³-hybridized carbons (Fsp3) is 1.00. The summed E-state index contributed by atoms with van der Waals surface area (Å²) < 4.78 is 4.87. The molecule has 1 nitrogen and oxygen atoms in total. The molecule has 0 heterocycles. The monoisotopic (exact) mass is 104 g/mol. The first-order valence-electron chi connectivity index (χ1n) is 2.42. The van der Waals surface area contributed by atoms with Gasteiger partial charge < -0.3 is 4.74 Å². The van der Waals surface area contributed by atoms with Crippen LogP contribution < -0.4 is 0 Å². The van der Waals surface area contributed by atoms with Crippen LogP contribution in [0.4, 0.5) is 0 Å². The molecule has 46 valence electrons. The fourth-order valence-electron chi connectivity index (χ4n) is 0.520. The average Bonchev–Trinajstić information content (AvgIpc) is 2.21. The summed E-state index contributed by atoms with van der Waals surface area (Å²) in [5.74, 6) is 0.926. The molecular formula is C6H16O. The highest BCUT2D eigenvalue weighted by molar-refractivity contribution is 4.71. The molecule has 0 aromatic rings. The highest BCUT2D eigenvalue weighted by Gasteiger charge is 2.19. The van der Waals surface area contributed by atoms with Crippen LogP contribution in [0.3, 0.4) is 0 Å². The second-order valence-electron chi connectivity index (χ2n) is 1.90. The Morgan fingerprint density at radius 2 is 2.29 bits per heavy atom. The summed E-state index contributed by atoms with van der Waals surface area (Å²) >= 11 is 0. The fourth-order valence-corrected chi connectivity index (χ4v) is 0.520. The van der Waals surface area contributed by atoms with Crippen molar-refractivity contribution in [2.45, 2.75) is 20.3 Å². The Bertz CT molecular complexity index is 43.8. The third-order valence-corrected chi connectivity index (χ3v) is 1.10. The molecule has 7 heavy (non-hydrogen) atoms. The number of rotatable bonds is 2. The predicted molar refractivity (Wildman–Crippen MR) is 33.4 cm³/mol. The molecule has 0 aromatic carbocycles. The molecule has 1 aliphatic rings. The largest absolute Gasteiger partial charge is 0.384 e. The summed E-state index contributed by atoms with van der Waals surface area (Å²) in [7, 11) is 1.76. The second kappa shape index (κ2) is 3.03. The van der Waals surface area contributed by atoms with Crippen molar-refractivity contribution in [1.29, 1.82) is 0 Å². The van der Waals surface area contributed by atoms with Gasteiger partial charge in [-0.25, -0.2) is 0 Å². The van der Waals surface area contributed by atoms with Gasteiger partial charge in [-0.2, -0.15) is 0 Å². The van der Waals surface area contributed by atoms with Crippen LogP contribution in [0.25, 0.3) is 0 Å². The quantitative estimate of drug-likeness (QED) is 0.520. The molecule has 1 heteroatoms. The van der Waals surface area contributed by atoms with Crippen molar-refractivity contribution in [3.63, 3.8) is 0 Å². The summed E-state index contributed by atoms with van der Waals surface area (Å²) in [6.07, 6.45) is 2.79. The Kier molecular flexibility index (Phi) is 3.01. The van der Waals surface area contributed by atoms with E-state index in [1.807, 2.05) is 0 Å². The number of ether oxygens (including phenoxy) is 1. The standard InChI is InChI=1S/C5H10O.CH4.H2/c1-6-4-5-2-3-5;;/h5H,2-4H2,1H3;1H4;1H.